The van der Waals surface area contributed by atoms with Crippen molar-refractivity contribution in [1.29, 1.82) is 0 Å². The first-order valence-electron chi connectivity index (χ1n) is 7.98. The highest BCUT2D eigenvalue weighted by atomic mass is 32.1. The second-order valence-corrected chi connectivity index (χ2v) is 7.64. The van der Waals surface area contributed by atoms with Crippen molar-refractivity contribution in [3.63, 3.8) is 0 Å². The number of amides is 1. The molecule has 23 heavy (non-hydrogen) atoms. The minimum atomic E-state index is -0.458. The molecule has 0 unspecified atom stereocenters. The van der Waals surface area contributed by atoms with E-state index in [1.165, 1.54) is 17.7 Å². The molecule has 0 atom stereocenters. The summed E-state index contributed by atoms with van der Waals surface area (Å²) < 4.78 is 0. The molecule has 2 N–H and O–H groups in total. The quantitative estimate of drug-likeness (QED) is 0.875. The number of aromatic amines is 1. The van der Waals surface area contributed by atoms with E-state index in [1.54, 1.807) is 0 Å². The van der Waals surface area contributed by atoms with Crippen LogP contribution in [0.4, 0.5) is 0 Å². The van der Waals surface area contributed by atoms with E-state index in [1.807, 2.05) is 11.8 Å². The summed E-state index contributed by atoms with van der Waals surface area (Å²) in [5.41, 5.74) is 0.0598. The second-order valence-electron chi connectivity index (χ2n) is 6.64. The largest absolute Gasteiger partial charge is 0.390 e. The van der Waals surface area contributed by atoms with Crippen LogP contribution in [0.1, 0.15) is 40.9 Å². The summed E-state index contributed by atoms with van der Waals surface area (Å²) in [6.07, 6.45) is 4.87. The number of carbonyl (C=O) groups is 1. The van der Waals surface area contributed by atoms with E-state index >= 15 is 0 Å². The summed E-state index contributed by atoms with van der Waals surface area (Å²) in [7, 11) is 0. The van der Waals surface area contributed by atoms with Crippen LogP contribution in [0.5, 0.6) is 0 Å². The number of rotatable bonds is 2. The number of aliphatic hydroxyl groups is 1. The molecule has 2 aromatic rings. The Morgan fingerprint density at radius 2 is 2.13 bits per heavy atom. The summed E-state index contributed by atoms with van der Waals surface area (Å²) in [6.45, 7) is 3.15. The zero-order valence-electron chi connectivity index (χ0n) is 13.0. The van der Waals surface area contributed by atoms with Gasteiger partial charge in [-0.15, -0.1) is 11.3 Å². The van der Waals surface area contributed by atoms with Gasteiger partial charge < -0.3 is 15.0 Å². The van der Waals surface area contributed by atoms with Crippen molar-refractivity contribution in [1.82, 2.24) is 14.9 Å². The number of likely N-dealkylation sites (tertiary alicyclic amines) is 1. The van der Waals surface area contributed by atoms with E-state index in [2.05, 4.69) is 9.97 Å². The summed E-state index contributed by atoms with van der Waals surface area (Å²) in [5.74, 6) is 0.297. The minimum absolute atomic E-state index is 0.0221. The first-order valence-corrected chi connectivity index (χ1v) is 8.80. The Balaban J connectivity index is 1.57. The number of aryl methyl sites for hydroxylation is 1. The van der Waals surface area contributed by atoms with Gasteiger partial charge >= 0.3 is 0 Å². The van der Waals surface area contributed by atoms with Crippen LogP contribution in [0.15, 0.2) is 11.1 Å². The molecule has 1 saturated heterocycles. The van der Waals surface area contributed by atoms with Gasteiger partial charge in [-0.25, -0.2) is 4.98 Å². The Hall–Kier alpha value is -1.73. The maximum atomic E-state index is 12.8. The average molecular weight is 333 g/mol. The normalized spacial score (nSPS) is 20.9. The fourth-order valence-electron chi connectivity index (χ4n) is 3.58. The fraction of sp³-hybridized carbons (Fsp3) is 0.562. The first-order chi connectivity index (χ1) is 11.0. The van der Waals surface area contributed by atoms with Crippen LogP contribution in [-0.2, 0) is 0 Å². The lowest BCUT2D eigenvalue weighted by atomic mass is 9.89. The van der Waals surface area contributed by atoms with Crippen LogP contribution in [0.2, 0.25) is 0 Å². The highest BCUT2D eigenvalue weighted by Crippen LogP contribution is 2.46. The van der Waals surface area contributed by atoms with Gasteiger partial charge in [-0.05, 0) is 44.1 Å². The Morgan fingerprint density at radius 3 is 2.74 bits per heavy atom. The average Bonchev–Trinajstić information content (AvgIpc) is 3.21. The molecule has 7 heteroatoms. The number of aromatic nitrogens is 2. The number of hydrogen-bond donors (Lipinski definition) is 2. The van der Waals surface area contributed by atoms with Gasteiger partial charge in [0.15, 0.2) is 0 Å². The standard InChI is InChI=1S/C16H19N3O3S/c1-9-11-13(20)17-8-18-14(11)23-12(9)15(21)19-6-2-10(3-7-19)16(22)4-5-16/h8,10,22H,2-7H2,1H3,(H,17,18,20). The molecule has 6 nitrogen and oxygen atoms in total. The Morgan fingerprint density at radius 1 is 1.43 bits per heavy atom. The van der Waals surface area contributed by atoms with Crippen LogP contribution < -0.4 is 5.56 Å². The number of nitrogens with zero attached hydrogens (tertiary/aromatic N) is 2. The van der Waals surface area contributed by atoms with Crippen molar-refractivity contribution < 1.29 is 9.90 Å². The van der Waals surface area contributed by atoms with Crippen molar-refractivity contribution in [2.75, 3.05) is 13.1 Å². The van der Waals surface area contributed by atoms with E-state index < -0.39 is 5.60 Å². The van der Waals surface area contributed by atoms with Gasteiger partial charge in [0.2, 0.25) is 0 Å². The minimum Gasteiger partial charge on any atom is -0.390 e. The van der Waals surface area contributed by atoms with Gasteiger partial charge in [-0.2, -0.15) is 0 Å². The SMILES string of the molecule is Cc1c(C(=O)N2CCC(C3(O)CC3)CC2)sc2nc[nH]c(=O)c12. The maximum Gasteiger partial charge on any atom is 0.264 e. The molecule has 4 rings (SSSR count). The number of thiophene rings is 1. The highest BCUT2D eigenvalue weighted by Gasteiger charge is 2.48. The Bertz CT molecular complexity index is 829. The van der Waals surface area contributed by atoms with Gasteiger partial charge in [0.1, 0.15) is 4.83 Å². The predicted octanol–water partition coefficient (Wildman–Crippen LogP) is 1.67. The molecule has 1 aliphatic heterocycles. The molecule has 3 heterocycles. The number of carbonyl (C=O) groups excluding carboxylic acids is 1. The molecule has 1 aliphatic carbocycles. The van der Waals surface area contributed by atoms with Crippen LogP contribution >= 0.6 is 11.3 Å². The van der Waals surface area contributed by atoms with Crippen LogP contribution in [0.3, 0.4) is 0 Å². The zero-order valence-corrected chi connectivity index (χ0v) is 13.8. The Labute approximate surface area is 137 Å². The second kappa shape index (κ2) is 5.14. The van der Waals surface area contributed by atoms with Gasteiger partial charge in [0, 0.05) is 13.1 Å². The molecule has 2 aliphatic rings. The molecule has 0 aromatic carbocycles. The molecule has 0 radical (unpaired) electrons. The molecule has 1 saturated carbocycles. The number of piperidine rings is 1. The lowest BCUT2D eigenvalue weighted by Gasteiger charge is -2.34. The third-order valence-electron chi connectivity index (χ3n) is 5.23. The first kappa shape index (κ1) is 14.8. The molecule has 122 valence electrons. The maximum absolute atomic E-state index is 12.8. The zero-order chi connectivity index (χ0) is 16.2. The van der Waals surface area contributed by atoms with Crippen LogP contribution in [-0.4, -0.2) is 44.6 Å². The molecular weight excluding hydrogens is 314 g/mol. The summed E-state index contributed by atoms with van der Waals surface area (Å²) in [4.78, 5) is 34.5. The molecule has 2 aromatic heterocycles. The number of hydrogen-bond acceptors (Lipinski definition) is 5. The van der Waals surface area contributed by atoms with E-state index in [4.69, 9.17) is 0 Å². The molecule has 2 fully saturated rings. The van der Waals surface area contributed by atoms with Crippen molar-refractivity contribution in [3.8, 4) is 0 Å². The lowest BCUT2D eigenvalue weighted by Crippen LogP contribution is -2.41. The van der Waals surface area contributed by atoms with Crippen molar-refractivity contribution in [3.05, 3.63) is 27.1 Å². The van der Waals surface area contributed by atoms with E-state index in [-0.39, 0.29) is 11.5 Å². The van der Waals surface area contributed by atoms with Gasteiger partial charge in [-0.1, -0.05) is 0 Å². The lowest BCUT2D eigenvalue weighted by molar-refractivity contribution is 0.0342. The van der Waals surface area contributed by atoms with E-state index in [9.17, 15) is 14.7 Å². The fourth-order valence-corrected chi connectivity index (χ4v) is 4.70. The Kier molecular flexibility index (Phi) is 3.32. The van der Waals surface area contributed by atoms with Gasteiger partial charge in [0.25, 0.3) is 11.5 Å². The number of fused-ring (bicyclic) bond motifs is 1. The van der Waals surface area contributed by atoms with Crippen molar-refractivity contribution in [2.24, 2.45) is 5.92 Å². The molecule has 0 bridgehead atoms. The van der Waals surface area contributed by atoms with E-state index in [0.717, 1.165) is 25.7 Å². The van der Waals surface area contributed by atoms with E-state index in [0.29, 0.717) is 39.7 Å². The molecular formula is C16H19N3O3S. The van der Waals surface area contributed by atoms with Crippen molar-refractivity contribution in [2.45, 2.75) is 38.2 Å². The third kappa shape index (κ3) is 2.38. The number of nitrogens with one attached hydrogen (secondary N) is 1. The van der Waals surface area contributed by atoms with Gasteiger partial charge in [-0.3, -0.25) is 9.59 Å². The summed E-state index contributed by atoms with van der Waals surface area (Å²) >= 11 is 1.29. The summed E-state index contributed by atoms with van der Waals surface area (Å²) in [5, 5.41) is 10.7. The summed E-state index contributed by atoms with van der Waals surface area (Å²) in [6, 6.07) is 0. The smallest absolute Gasteiger partial charge is 0.264 e. The third-order valence-corrected chi connectivity index (χ3v) is 6.42. The van der Waals surface area contributed by atoms with Gasteiger partial charge in [0.05, 0.1) is 22.2 Å². The van der Waals surface area contributed by atoms with Crippen LogP contribution in [0, 0.1) is 12.8 Å². The highest BCUT2D eigenvalue weighted by molar-refractivity contribution is 7.20. The topological polar surface area (TPSA) is 86.3 Å². The predicted molar refractivity (Wildman–Crippen MR) is 87.8 cm³/mol. The molecule has 0 spiro atoms. The monoisotopic (exact) mass is 333 g/mol. The van der Waals surface area contributed by atoms with Crippen molar-refractivity contribution >= 4 is 27.5 Å². The van der Waals surface area contributed by atoms with Crippen LogP contribution in [0.25, 0.3) is 10.2 Å². The molecule has 1 amide bonds. The number of H-pyrrole nitrogens is 1.